The monoisotopic (exact) mass is 367 g/mol. The van der Waals surface area contributed by atoms with Crippen LogP contribution in [0.5, 0.6) is 0 Å². The zero-order chi connectivity index (χ0) is 16.5. The van der Waals surface area contributed by atoms with E-state index in [-0.39, 0.29) is 11.5 Å². The molecule has 1 aromatic carbocycles. The second kappa shape index (κ2) is 6.23. The van der Waals surface area contributed by atoms with Crippen molar-refractivity contribution in [1.29, 1.82) is 0 Å². The molecule has 0 saturated carbocycles. The zero-order valence-electron chi connectivity index (χ0n) is 14.2. The molecular weight excluding hydrogens is 342 g/mol. The van der Waals surface area contributed by atoms with Crippen molar-refractivity contribution >= 4 is 22.0 Å². The second-order valence-corrected chi connectivity index (χ2v) is 8.22. The van der Waals surface area contributed by atoms with Crippen LogP contribution in [0.25, 0.3) is 0 Å². The predicted molar refractivity (Wildman–Crippen MR) is 93.6 cm³/mol. The smallest absolute Gasteiger partial charge is 0.410 e. The van der Waals surface area contributed by atoms with Crippen LogP contribution < -0.4 is 0 Å². The maximum absolute atomic E-state index is 12.4. The van der Waals surface area contributed by atoms with Crippen LogP contribution in [-0.4, -0.2) is 29.7 Å². The summed E-state index contributed by atoms with van der Waals surface area (Å²) in [6.07, 6.45) is 0.662. The number of rotatable bonds is 1. The minimum atomic E-state index is -0.455. The number of halogens is 1. The lowest BCUT2D eigenvalue weighted by Crippen LogP contribution is -2.42. The van der Waals surface area contributed by atoms with Gasteiger partial charge in [0.15, 0.2) is 0 Å². The van der Waals surface area contributed by atoms with Crippen LogP contribution in [0.3, 0.4) is 0 Å². The summed E-state index contributed by atoms with van der Waals surface area (Å²) >= 11 is 3.53. The molecule has 0 atom stereocenters. The van der Waals surface area contributed by atoms with Gasteiger partial charge in [0.05, 0.1) is 0 Å². The highest BCUT2D eigenvalue weighted by Gasteiger charge is 2.33. The largest absolute Gasteiger partial charge is 0.444 e. The van der Waals surface area contributed by atoms with Crippen molar-refractivity contribution in [2.45, 2.75) is 57.4 Å². The number of carbonyl (C=O) groups excluding carboxylic acids is 1. The molecule has 122 valence electrons. The Kier molecular flexibility index (Phi) is 4.90. The van der Waals surface area contributed by atoms with E-state index < -0.39 is 5.60 Å². The average Bonchev–Trinajstić information content (AvgIpc) is 2.53. The molecule has 0 unspecified atom stereocenters. The van der Waals surface area contributed by atoms with Gasteiger partial charge in [-0.1, -0.05) is 48.0 Å². The van der Waals surface area contributed by atoms with Crippen molar-refractivity contribution in [2.24, 2.45) is 0 Å². The first-order valence-electron chi connectivity index (χ1n) is 7.78. The molecule has 1 aromatic rings. The van der Waals surface area contributed by atoms with Crippen LogP contribution in [0, 0.1) is 0 Å². The van der Waals surface area contributed by atoms with Gasteiger partial charge in [0, 0.05) is 23.8 Å². The number of amides is 1. The highest BCUT2D eigenvalue weighted by atomic mass is 79.9. The maximum Gasteiger partial charge on any atom is 0.410 e. The normalized spacial score (nSPS) is 17.6. The molecule has 0 saturated heterocycles. The van der Waals surface area contributed by atoms with Crippen molar-refractivity contribution in [3.8, 4) is 0 Å². The van der Waals surface area contributed by atoms with Crippen molar-refractivity contribution in [2.75, 3.05) is 13.1 Å². The van der Waals surface area contributed by atoms with Crippen LogP contribution >= 0.6 is 15.9 Å². The Morgan fingerprint density at radius 1 is 1.36 bits per heavy atom. The van der Waals surface area contributed by atoms with Gasteiger partial charge in [0.25, 0.3) is 0 Å². The van der Waals surface area contributed by atoms with Gasteiger partial charge in [0.1, 0.15) is 5.60 Å². The molecule has 1 aliphatic heterocycles. The van der Waals surface area contributed by atoms with Crippen molar-refractivity contribution in [1.82, 2.24) is 4.90 Å². The van der Waals surface area contributed by atoms with Crippen molar-refractivity contribution < 1.29 is 9.53 Å². The summed E-state index contributed by atoms with van der Waals surface area (Å²) in [5.74, 6) is 0. The van der Waals surface area contributed by atoms with Gasteiger partial charge in [-0.15, -0.1) is 0 Å². The van der Waals surface area contributed by atoms with Gasteiger partial charge in [-0.05, 0) is 43.9 Å². The van der Waals surface area contributed by atoms with E-state index in [1.807, 2.05) is 25.7 Å². The molecule has 0 aromatic heterocycles. The van der Waals surface area contributed by atoms with E-state index in [9.17, 15) is 4.79 Å². The van der Waals surface area contributed by atoms with Gasteiger partial charge >= 0.3 is 6.09 Å². The summed E-state index contributed by atoms with van der Waals surface area (Å²) < 4.78 is 5.55. The van der Waals surface area contributed by atoms with Crippen molar-refractivity contribution in [3.63, 3.8) is 0 Å². The Morgan fingerprint density at radius 2 is 2.05 bits per heavy atom. The molecule has 22 heavy (non-hydrogen) atoms. The number of benzene rings is 1. The van der Waals surface area contributed by atoms with Gasteiger partial charge in [-0.2, -0.15) is 0 Å². The molecule has 4 heteroatoms. The number of fused-ring (bicyclic) bond motifs is 1. The molecule has 1 heterocycles. The van der Waals surface area contributed by atoms with Crippen LogP contribution in [0.1, 0.15) is 51.3 Å². The Morgan fingerprint density at radius 3 is 2.64 bits per heavy atom. The Labute approximate surface area is 142 Å². The molecule has 0 N–H and O–H groups in total. The molecular formula is C18H26BrNO2. The summed E-state index contributed by atoms with van der Waals surface area (Å²) in [6, 6.07) is 6.63. The molecule has 0 aliphatic carbocycles. The lowest BCUT2D eigenvalue weighted by atomic mass is 9.81. The summed E-state index contributed by atoms with van der Waals surface area (Å²) in [7, 11) is 0. The Bertz CT molecular complexity index is 561. The molecule has 2 rings (SSSR count). The number of alkyl halides is 1. The quantitative estimate of drug-likeness (QED) is 0.675. The Balaban J connectivity index is 2.26. The molecule has 1 aliphatic rings. The minimum Gasteiger partial charge on any atom is -0.444 e. The van der Waals surface area contributed by atoms with Crippen LogP contribution in [0.15, 0.2) is 18.2 Å². The molecule has 0 spiro atoms. The van der Waals surface area contributed by atoms with Gasteiger partial charge in [-0.3, -0.25) is 0 Å². The summed E-state index contributed by atoms with van der Waals surface area (Å²) in [5.41, 5.74) is 3.42. The SMILES string of the molecule is CC(C)(C)OC(=O)N1CCc2ccc(CBr)cc2C(C)(C)C1. The van der Waals surface area contributed by atoms with E-state index in [1.165, 1.54) is 16.7 Å². The van der Waals surface area contributed by atoms with E-state index in [1.54, 1.807) is 0 Å². The summed E-state index contributed by atoms with van der Waals surface area (Å²) in [6.45, 7) is 11.5. The van der Waals surface area contributed by atoms with Crippen LogP contribution in [0.2, 0.25) is 0 Å². The van der Waals surface area contributed by atoms with Gasteiger partial charge in [0.2, 0.25) is 0 Å². The fourth-order valence-corrected chi connectivity index (χ4v) is 3.28. The van der Waals surface area contributed by atoms with E-state index in [2.05, 4.69) is 48.0 Å². The second-order valence-electron chi connectivity index (χ2n) is 7.66. The van der Waals surface area contributed by atoms with Crippen LogP contribution in [-0.2, 0) is 21.9 Å². The minimum absolute atomic E-state index is 0.0824. The molecule has 3 nitrogen and oxygen atoms in total. The first-order valence-corrected chi connectivity index (χ1v) is 8.91. The summed E-state index contributed by atoms with van der Waals surface area (Å²) in [5, 5.41) is 0.853. The number of hydrogen-bond donors (Lipinski definition) is 0. The van der Waals surface area contributed by atoms with E-state index in [0.717, 1.165) is 11.8 Å². The van der Waals surface area contributed by atoms with E-state index in [0.29, 0.717) is 13.1 Å². The first-order chi connectivity index (χ1) is 10.1. The highest BCUT2D eigenvalue weighted by Crippen LogP contribution is 2.32. The standard InChI is InChI=1S/C18H26BrNO2/c1-17(2,3)22-16(21)20-9-8-14-7-6-13(11-19)10-15(14)18(4,5)12-20/h6-7,10H,8-9,11-12H2,1-5H3. The summed E-state index contributed by atoms with van der Waals surface area (Å²) in [4.78, 5) is 14.3. The van der Waals surface area contributed by atoms with Gasteiger partial charge in [-0.25, -0.2) is 4.79 Å². The zero-order valence-corrected chi connectivity index (χ0v) is 15.8. The fraction of sp³-hybridized carbons (Fsp3) is 0.611. The lowest BCUT2D eigenvalue weighted by Gasteiger charge is -2.32. The number of nitrogens with zero attached hydrogens (tertiary/aromatic N) is 1. The maximum atomic E-state index is 12.4. The van der Waals surface area contributed by atoms with Crippen molar-refractivity contribution in [3.05, 3.63) is 34.9 Å². The highest BCUT2D eigenvalue weighted by molar-refractivity contribution is 9.08. The number of ether oxygens (including phenoxy) is 1. The number of carbonyl (C=O) groups is 1. The molecule has 1 amide bonds. The third-order valence-electron chi connectivity index (χ3n) is 3.95. The number of hydrogen-bond acceptors (Lipinski definition) is 2. The topological polar surface area (TPSA) is 29.5 Å². The third-order valence-corrected chi connectivity index (χ3v) is 4.59. The fourth-order valence-electron chi connectivity index (χ4n) is 2.93. The van der Waals surface area contributed by atoms with Gasteiger partial charge < -0.3 is 9.64 Å². The molecule has 0 radical (unpaired) electrons. The van der Waals surface area contributed by atoms with E-state index in [4.69, 9.17) is 4.74 Å². The lowest BCUT2D eigenvalue weighted by molar-refractivity contribution is 0.0225. The molecule has 0 bridgehead atoms. The first kappa shape index (κ1) is 17.3. The average molecular weight is 368 g/mol. The third kappa shape index (κ3) is 4.03. The van der Waals surface area contributed by atoms with E-state index >= 15 is 0 Å². The predicted octanol–water partition coefficient (Wildman–Crippen LogP) is 4.65. The Hall–Kier alpha value is -1.03. The van der Waals surface area contributed by atoms with Crippen LogP contribution in [0.4, 0.5) is 4.79 Å². The molecule has 0 fully saturated rings.